The van der Waals surface area contributed by atoms with Crippen molar-refractivity contribution in [2.75, 3.05) is 26.2 Å². The number of Topliss-reactive ketones (excluding diaryl/α,β-unsaturated/α-hetero) is 1. The largest absolute Gasteiger partial charge is 1.00 e. The summed E-state index contributed by atoms with van der Waals surface area (Å²) in [6, 6.07) is 4.10. The number of ketones is 1. The number of rotatable bonds is 6. The Hall–Kier alpha value is -1.26. The number of nitrogens with zero attached hydrogens (tertiary/aromatic N) is 1. The zero-order valence-electron chi connectivity index (χ0n) is 11.7. The summed E-state index contributed by atoms with van der Waals surface area (Å²) >= 11 is 0. The zero-order valence-corrected chi connectivity index (χ0v) is 12.4. The Morgan fingerprint density at radius 2 is 1.63 bits per heavy atom. The van der Waals surface area contributed by atoms with Crippen molar-refractivity contribution in [2.24, 2.45) is 0 Å². The highest BCUT2D eigenvalue weighted by Crippen LogP contribution is 2.24. The van der Waals surface area contributed by atoms with E-state index in [9.17, 15) is 15.0 Å². The van der Waals surface area contributed by atoms with Crippen LogP contribution in [0.2, 0.25) is 0 Å². The number of hydrogen-bond acceptors (Lipinski definition) is 3. The Morgan fingerprint density at radius 3 is 2.05 bits per heavy atom. The van der Waals surface area contributed by atoms with Gasteiger partial charge in [0.1, 0.15) is 18.0 Å². The third-order valence-electron chi connectivity index (χ3n) is 3.77. The topological polar surface area (TPSA) is 57.5 Å². The number of aromatic hydroxyl groups is 2. The predicted octanol–water partition coefficient (Wildman–Crippen LogP) is -0.839. The molecule has 0 radical (unpaired) electrons. The highest BCUT2D eigenvalue weighted by atomic mass is 35.5. The van der Waals surface area contributed by atoms with Gasteiger partial charge in [-0.15, -0.1) is 0 Å². The van der Waals surface area contributed by atoms with Crippen molar-refractivity contribution in [1.82, 2.24) is 0 Å². The Balaban J connectivity index is 0.00000324. The van der Waals surface area contributed by atoms with Crippen LogP contribution in [0.4, 0.5) is 0 Å². The summed E-state index contributed by atoms with van der Waals surface area (Å²) in [7, 11) is 0. The van der Waals surface area contributed by atoms with E-state index in [1.807, 2.05) is 0 Å². The normalized spacial score (nSPS) is 10.9. The van der Waals surface area contributed by atoms with Crippen molar-refractivity contribution >= 4 is 5.78 Å². The summed E-state index contributed by atoms with van der Waals surface area (Å²) in [6.07, 6.45) is 0. The van der Waals surface area contributed by atoms with E-state index in [1.54, 1.807) is 0 Å². The standard InChI is InChI=1S/C14H21NO3.ClH/c1-4-15(5-2,6-3)10-14(18)12-8-7-11(16)9-13(12)17;/h7-9H,4-6,10H2,1-3H3,(H-,16,17,18);1H. The number of carbonyl (C=O) groups is 1. The molecule has 0 atom stereocenters. The second-order valence-corrected chi connectivity index (χ2v) is 4.57. The molecule has 5 heteroatoms. The molecule has 0 aliphatic rings. The molecule has 0 fully saturated rings. The molecule has 1 rings (SSSR count). The average Bonchev–Trinajstić information content (AvgIpc) is 2.36. The van der Waals surface area contributed by atoms with E-state index >= 15 is 0 Å². The average molecular weight is 288 g/mol. The number of halogens is 1. The lowest BCUT2D eigenvalue weighted by atomic mass is 10.1. The van der Waals surface area contributed by atoms with Crippen molar-refractivity contribution < 1.29 is 31.9 Å². The van der Waals surface area contributed by atoms with Gasteiger partial charge in [0.05, 0.1) is 25.2 Å². The molecule has 0 bridgehead atoms. The Kier molecular flexibility index (Phi) is 6.87. The Morgan fingerprint density at radius 1 is 1.11 bits per heavy atom. The highest BCUT2D eigenvalue weighted by Gasteiger charge is 2.26. The van der Waals surface area contributed by atoms with Gasteiger partial charge in [-0.3, -0.25) is 4.79 Å². The monoisotopic (exact) mass is 287 g/mol. The molecule has 2 N–H and O–H groups in total. The first-order valence-corrected chi connectivity index (χ1v) is 6.38. The lowest BCUT2D eigenvalue weighted by Crippen LogP contribution is -3.00. The van der Waals surface area contributed by atoms with Crippen LogP contribution in [0, 0.1) is 0 Å². The molecule has 0 aliphatic heterocycles. The number of hydrogen-bond donors (Lipinski definition) is 2. The van der Waals surface area contributed by atoms with E-state index in [4.69, 9.17) is 0 Å². The van der Waals surface area contributed by atoms with Gasteiger partial charge in [0.25, 0.3) is 0 Å². The lowest BCUT2D eigenvalue weighted by Gasteiger charge is -2.35. The van der Waals surface area contributed by atoms with Crippen LogP contribution < -0.4 is 12.4 Å². The third kappa shape index (κ3) is 4.11. The summed E-state index contributed by atoms with van der Waals surface area (Å²) < 4.78 is 0.707. The quantitative estimate of drug-likeness (QED) is 0.530. The number of carbonyl (C=O) groups excluding carboxylic acids is 1. The second kappa shape index (κ2) is 7.36. The molecule has 0 amide bonds. The van der Waals surface area contributed by atoms with Crippen molar-refractivity contribution in [3.8, 4) is 11.5 Å². The maximum absolute atomic E-state index is 12.2. The van der Waals surface area contributed by atoms with E-state index in [1.165, 1.54) is 18.2 Å². The lowest BCUT2D eigenvalue weighted by molar-refractivity contribution is -0.915. The van der Waals surface area contributed by atoms with Crippen LogP contribution >= 0.6 is 0 Å². The van der Waals surface area contributed by atoms with Crippen LogP contribution in [-0.4, -0.2) is 46.7 Å². The molecule has 0 unspecified atom stereocenters. The molecule has 0 saturated carbocycles. The maximum atomic E-state index is 12.2. The van der Waals surface area contributed by atoms with Crippen LogP contribution in [0.3, 0.4) is 0 Å². The fourth-order valence-electron chi connectivity index (χ4n) is 2.15. The van der Waals surface area contributed by atoms with Crippen LogP contribution in [0.15, 0.2) is 18.2 Å². The van der Waals surface area contributed by atoms with Gasteiger partial charge in [-0.25, -0.2) is 0 Å². The summed E-state index contributed by atoms with van der Waals surface area (Å²) in [5.74, 6) is -0.272. The van der Waals surface area contributed by atoms with E-state index in [2.05, 4.69) is 20.8 Å². The van der Waals surface area contributed by atoms with E-state index < -0.39 is 0 Å². The van der Waals surface area contributed by atoms with Crippen LogP contribution in [-0.2, 0) is 0 Å². The van der Waals surface area contributed by atoms with Gasteiger partial charge >= 0.3 is 0 Å². The van der Waals surface area contributed by atoms with Crippen LogP contribution in [0.25, 0.3) is 0 Å². The predicted molar refractivity (Wildman–Crippen MR) is 70.9 cm³/mol. The first-order valence-electron chi connectivity index (χ1n) is 6.38. The van der Waals surface area contributed by atoms with Gasteiger partial charge in [-0.05, 0) is 32.9 Å². The molecule has 0 aromatic heterocycles. The van der Waals surface area contributed by atoms with Crippen molar-refractivity contribution in [2.45, 2.75) is 20.8 Å². The van der Waals surface area contributed by atoms with Gasteiger partial charge in [-0.1, -0.05) is 0 Å². The summed E-state index contributed by atoms with van der Waals surface area (Å²) in [6.45, 7) is 9.24. The summed E-state index contributed by atoms with van der Waals surface area (Å²) in [4.78, 5) is 12.2. The fraction of sp³-hybridized carbons (Fsp3) is 0.500. The molecule has 4 nitrogen and oxygen atoms in total. The molecule has 1 aromatic carbocycles. The SMILES string of the molecule is CC[N+](CC)(CC)CC(=O)c1ccc(O)cc1O.[Cl-]. The molecule has 1 aromatic rings. The third-order valence-corrected chi connectivity index (χ3v) is 3.77. The fourth-order valence-corrected chi connectivity index (χ4v) is 2.15. The molecule has 0 heterocycles. The molecule has 0 saturated heterocycles. The molecule has 0 aliphatic carbocycles. The smallest absolute Gasteiger partial charge is 0.220 e. The van der Waals surface area contributed by atoms with Crippen molar-refractivity contribution in [1.29, 1.82) is 0 Å². The van der Waals surface area contributed by atoms with Crippen LogP contribution in [0.1, 0.15) is 31.1 Å². The second-order valence-electron chi connectivity index (χ2n) is 4.57. The number of phenolic OH excluding ortho intramolecular Hbond substituents is 2. The molecule has 0 spiro atoms. The minimum Gasteiger partial charge on any atom is -1.00 e. The van der Waals surface area contributed by atoms with Gasteiger partial charge in [-0.2, -0.15) is 0 Å². The van der Waals surface area contributed by atoms with E-state index in [0.717, 1.165) is 19.6 Å². The highest BCUT2D eigenvalue weighted by molar-refractivity contribution is 5.99. The minimum absolute atomic E-state index is 0. The molecular formula is C14H22ClNO3. The van der Waals surface area contributed by atoms with Gasteiger partial charge in [0, 0.05) is 6.07 Å². The van der Waals surface area contributed by atoms with E-state index in [0.29, 0.717) is 11.0 Å². The zero-order chi connectivity index (χ0) is 13.8. The molecular weight excluding hydrogens is 266 g/mol. The van der Waals surface area contributed by atoms with Crippen molar-refractivity contribution in [3.05, 3.63) is 23.8 Å². The molecule has 19 heavy (non-hydrogen) atoms. The summed E-state index contributed by atoms with van der Waals surface area (Å²) in [5, 5.41) is 18.9. The Bertz CT molecular complexity index is 422. The first kappa shape index (κ1) is 17.7. The molecule has 108 valence electrons. The first-order chi connectivity index (χ1) is 8.48. The van der Waals surface area contributed by atoms with Gasteiger partial charge in [0.15, 0.2) is 0 Å². The van der Waals surface area contributed by atoms with Gasteiger partial charge < -0.3 is 27.1 Å². The number of likely N-dealkylation sites (N-methyl/N-ethyl adjacent to an activating group) is 1. The number of phenols is 2. The van der Waals surface area contributed by atoms with Crippen molar-refractivity contribution in [3.63, 3.8) is 0 Å². The van der Waals surface area contributed by atoms with Crippen LogP contribution in [0.5, 0.6) is 11.5 Å². The number of benzene rings is 1. The van der Waals surface area contributed by atoms with Gasteiger partial charge in [0.2, 0.25) is 5.78 Å². The maximum Gasteiger partial charge on any atom is 0.220 e. The Labute approximate surface area is 120 Å². The minimum atomic E-state index is -0.151. The number of quaternary nitrogens is 1. The van der Waals surface area contributed by atoms with E-state index in [-0.39, 0.29) is 35.3 Å². The summed E-state index contributed by atoms with van der Waals surface area (Å²) in [5.41, 5.74) is 0.283.